The molecule has 0 unspecified atom stereocenters. The second-order valence-corrected chi connectivity index (χ2v) is 3.59. The number of anilines is 1. The van der Waals surface area contributed by atoms with Crippen molar-refractivity contribution in [2.24, 2.45) is 0 Å². The first kappa shape index (κ1) is 6.95. The lowest BCUT2D eigenvalue weighted by Crippen LogP contribution is -1.79. The number of nitrogens with two attached hydrogens (primary N) is 1. The SMILES string of the molecule is Nc1csc2c(Cl)cccc12. The number of rotatable bonds is 0. The van der Waals surface area contributed by atoms with Crippen molar-refractivity contribution >= 4 is 38.7 Å². The average molecular weight is 184 g/mol. The second kappa shape index (κ2) is 2.40. The van der Waals surface area contributed by atoms with Crippen molar-refractivity contribution < 1.29 is 0 Å². The minimum absolute atomic E-state index is 0.782. The predicted octanol–water partition coefficient (Wildman–Crippen LogP) is 3.14. The highest BCUT2D eigenvalue weighted by atomic mass is 35.5. The summed E-state index contributed by atoms with van der Waals surface area (Å²) >= 11 is 7.51. The predicted molar refractivity (Wildman–Crippen MR) is 51.2 cm³/mol. The van der Waals surface area contributed by atoms with Crippen LogP contribution in [-0.2, 0) is 0 Å². The molecule has 0 radical (unpaired) electrons. The first-order valence-corrected chi connectivity index (χ1v) is 4.46. The molecule has 1 heterocycles. The molecule has 0 bridgehead atoms. The second-order valence-electron chi connectivity index (χ2n) is 2.31. The number of halogens is 1. The third kappa shape index (κ3) is 0.988. The maximum Gasteiger partial charge on any atom is 0.0585 e. The highest BCUT2D eigenvalue weighted by Gasteiger charge is 2.02. The van der Waals surface area contributed by atoms with Gasteiger partial charge in [0.05, 0.1) is 15.4 Å². The fourth-order valence-corrected chi connectivity index (χ4v) is 2.22. The number of hydrogen-bond acceptors (Lipinski definition) is 2. The van der Waals surface area contributed by atoms with Gasteiger partial charge in [0.25, 0.3) is 0 Å². The van der Waals surface area contributed by atoms with Gasteiger partial charge in [-0.1, -0.05) is 23.7 Å². The van der Waals surface area contributed by atoms with E-state index in [1.807, 2.05) is 23.6 Å². The van der Waals surface area contributed by atoms with Gasteiger partial charge in [-0.05, 0) is 6.07 Å². The lowest BCUT2D eigenvalue weighted by molar-refractivity contribution is 1.83. The van der Waals surface area contributed by atoms with E-state index in [4.69, 9.17) is 17.3 Å². The van der Waals surface area contributed by atoms with Crippen LogP contribution in [0.5, 0.6) is 0 Å². The first-order chi connectivity index (χ1) is 5.29. The Hall–Kier alpha value is -0.730. The molecule has 2 aromatic rings. The van der Waals surface area contributed by atoms with Crippen LogP contribution in [0.1, 0.15) is 0 Å². The molecule has 1 nitrogen and oxygen atoms in total. The molecule has 0 saturated carbocycles. The fourth-order valence-electron chi connectivity index (χ4n) is 1.04. The number of nitrogen functional groups attached to an aromatic ring is 1. The zero-order chi connectivity index (χ0) is 7.84. The quantitative estimate of drug-likeness (QED) is 0.667. The van der Waals surface area contributed by atoms with Gasteiger partial charge in [0.2, 0.25) is 0 Å². The Morgan fingerprint density at radius 3 is 2.91 bits per heavy atom. The van der Waals surface area contributed by atoms with Gasteiger partial charge < -0.3 is 5.73 Å². The smallest absolute Gasteiger partial charge is 0.0585 e. The Kier molecular flexibility index (Phi) is 1.51. The van der Waals surface area contributed by atoms with Crippen molar-refractivity contribution in [1.29, 1.82) is 0 Å². The van der Waals surface area contributed by atoms with Crippen LogP contribution >= 0.6 is 22.9 Å². The summed E-state index contributed by atoms with van der Waals surface area (Å²) in [7, 11) is 0. The third-order valence-corrected chi connectivity index (χ3v) is 3.06. The number of hydrogen-bond donors (Lipinski definition) is 1. The Morgan fingerprint density at radius 1 is 1.36 bits per heavy atom. The van der Waals surface area contributed by atoms with Gasteiger partial charge in [-0.25, -0.2) is 0 Å². The summed E-state index contributed by atoms with van der Waals surface area (Å²) in [5, 5.41) is 3.75. The Balaban J connectivity index is 2.94. The third-order valence-electron chi connectivity index (χ3n) is 1.58. The minimum atomic E-state index is 0.782. The summed E-state index contributed by atoms with van der Waals surface area (Å²) in [6.45, 7) is 0. The summed E-state index contributed by atoms with van der Waals surface area (Å²) in [5.74, 6) is 0. The molecule has 0 spiro atoms. The normalized spacial score (nSPS) is 10.6. The molecule has 0 aliphatic heterocycles. The van der Waals surface area contributed by atoms with Crippen LogP contribution in [0.2, 0.25) is 5.02 Å². The highest BCUT2D eigenvalue weighted by Crippen LogP contribution is 2.32. The van der Waals surface area contributed by atoms with Crippen LogP contribution in [0.4, 0.5) is 5.69 Å². The van der Waals surface area contributed by atoms with E-state index in [1.54, 1.807) is 11.3 Å². The van der Waals surface area contributed by atoms with E-state index in [2.05, 4.69) is 0 Å². The van der Waals surface area contributed by atoms with E-state index < -0.39 is 0 Å². The van der Waals surface area contributed by atoms with E-state index >= 15 is 0 Å². The topological polar surface area (TPSA) is 26.0 Å². The van der Waals surface area contributed by atoms with Crippen molar-refractivity contribution in [2.45, 2.75) is 0 Å². The standard InChI is InChI=1S/C8H6ClNS/c9-6-3-1-2-5-7(10)4-11-8(5)6/h1-4H,10H2. The van der Waals surface area contributed by atoms with Crippen molar-refractivity contribution in [2.75, 3.05) is 5.73 Å². The van der Waals surface area contributed by atoms with Crippen LogP contribution in [0.15, 0.2) is 23.6 Å². The zero-order valence-electron chi connectivity index (χ0n) is 5.67. The van der Waals surface area contributed by atoms with Crippen LogP contribution in [0.3, 0.4) is 0 Å². The molecule has 2 N–H and O–H groups in total. The molecule has 3 heteroatoms. The van der Waals surface area contributed by atoms with E-state index in [-0.39, 0.29) is 0 Å². The minimum Gasteiger partial charge on any atom is -0.398 e. The summed E-state index contributed by atoms with van der Waals surface area (Å²) in [6, 6.07) is 5.76. The summed E-state index contributed by atoms with van der Waals surface area (Å²) in [6.07, 6.45) is 0. The van der Waals surface area contributed by atoms with Gasteiger partial charge in [0.1, 0.15) is 0 Å². The van der Waals surface area contributed by atoms with E-state index in [1.165, 1.54) is 0 Å². The van der Waals surface area contributed by atoms with Crippen LogP contribution in [0.25, 0.3) is 10.1 Å². The van der Waals surface area contributed by atoms with Gasteiger partial charge >= 0.3 is 0 Å². The molecular weight excluding hydrogens is 178 g/mol. The lowest BCUT2D eigenvalue weighted by atomic mass is 10.2. The first-order valence-electron chi connectivity index (χ1n) is 3.20. The molecule has 0 aliphatic carbocycles. The number of thiophene rings is 1. The zero-order valence-corrected chi connectivity index (χ0v) is 7.25. The van der Waals surface area contributed by atoms with Crippen molar-refractivity contribution in [3.63, 3.8) is 0 Å². The van der Waals surface area contributed by atoms with Gasteiger partial charge in [-0.2, -0.15) is 0 Å². The molecule has 0 saturated heterocycles. The van der Waals surface area contributed by atoms with Gasteiger partial charge in [-0.15, -0.1) is 11.3 Å². The summed E-state index contributed by atoms with van der Waals surface area (Å²) in [5.41, 5.74) is 6.51. The molecule has 0 atom stereocenters. The maximum absolute atomic E-state index is 5.93. The van der Waals surface area contributed by atoms with Crippen molar-refractivity contribution in [1.82, 2.24) is 0 Å². The molecule has 1 aromatic carbocycles. The number of benzene rings is 1. The molecule has 0 fully saturated rings. The largest absolute Gasteiger partial charge is 0.398 e. The average Bonchev–Trinajstić information content (AvgIpc) is 2.35. The van der Waals surface area contributed by atoms with Gasteiger partial charge in [-0.3, -0.25) is 0 Å². The number of fused-ring (bicyclic) bond motifs is 1. The van der Waals surface area contributed by atoms with Crippen molar-refractivity contribution in [3.05, 3.63) is 28.6 Å². The monoisotopic (exact) mass is 183 g/mol. The molecular formula is C8H6ClNS. The van der Waals surface area contributed by atoms with Crippen LogP contribution < -0.4 is 5.73 Å². The molecule has 1 aromatic heterocycles. The molecule has 11 heavy (non-hydrogen) atoms. The van der Waals surface area contributed by atoms with Gasteiger partial charge in [0.15, 0.2) is 0 Å². The summed E-state index contributed by atoms with van der Waals surface area (Å²) in [4.78, 5) is 0. The van der Waals surface area contributed by atoms with Gasteiger partial charge in [0, 0.05) is 10.8 Å². The Morgan fingerprint density at radius 2 is 2.18 bits per heavy atom. The summed E-state index contributed by atoms with van der Waals surface area (Å²) < 4.78 is 1.08. The van der Waals surface area contributed by atoms with E-state index in [0.717, 1.165) is 20.8 Å². The highest BCUT2D eigenvalue weighted by molar-refractivity contribution is 7.18. The molecule has 0 aliphatic rings. The molecule has 2 rings (SSSR count). The molecule has 56 valence electrons. The van der Waals surface area contributed by atoms with E-state index in [9.17, 15) is 0 Å². The van der Waals surface area contributed by atoms with Crippen LogP contribution in [0, 0.1) is 0 Å². The Labute approximate surface area is 73.4 Å². The van der Waals surface area contributed by atoms with Crippen LogP contribution in [-0.4, -0.2) is 0 Å². The maximum atomic E-state index is 5.93. The van der Waals surface area contributed by atoms with Crippen molar-refractivity contribution in [3.8, 4) is 0 Å². The lowest BCUT2D eigenvalue weighted by Gasteiger charge is -1.91. The molecule has 0 amide bonds. The fraction of sp³-hybridized carbons (Fsp3) is 0. The Bertz CT molecular complexity index is 394. The van der Waals surface area contributed by atoms with E-state index in [0.29, 0.717) is 0 Å².